The SMILES string of the molecule is N#C/C(=C/c1ccc(OC(=O)/C=C/c2ccc(OCc3ccccc3)cc2)cc1)c1ccccc1F. The molecule has 0 N–H and O–H groups in total. The summed E-state index contributed by atoms with van der Waals surface area (Å²) in [7, 11) is 0. The quantitative estimate of drug-likeness (QED) is 0.0898. The lowest BCUT2D eigenvalue weighted by molar-refractivity contribution is -0.128. The minimum atomic E-state index is -0.522. The Balaban J connectivity index is 1.32. The molecule has 0 aliphatic heterocycles. The Bertz CT molecular complexity index is 1420. The van der Waals surface area contributed by atoms with E-state index >= 15 is 0 Å². The summed E-state index contributed by atoms with van der Waals surface area (Å²) in [5.74, 6) is 0.113. The number of ether oxygens (including phenoxy) is 2. The van der Waals surface area contributed by atoms with Crippen LogP contribution < -0.4 is 9.47 Å². The van der Waals surface area contributed by atoms with Gasteiger partial charge in [-0.3, -0.25) is 0 Å². The summed E-state index contributed by atoms with van der Waals surface area (Å²) in [6, 6.07) is 32.1. The molecule has 0 heterocycles. The van der Waals surface area contributed by atoms with Crippen LogP contribution in [0, 0.1) is 17.1 Å². The van der Waals surface area contributed by atoms with Crippen molar-refractivity contribution in [1.82, 2.24) is 0 Å². The first-order valence-corrected chi connectivity index (χ1v) is 11.2. The van der Waals surface area contributed by atoms with Crippen molar-refractivity contribution in [2.75, 3.05) is 0 Å². The van der Waals surface area contributed by atoms with Crippen LogP contribution in [0.5, 0.6) is 11.5 Å². The fourth-order valence-electron chi connectivity index (χ4n) is 3.38. The normalized spacial score (nSPS) is 11.2. The highest BCUT2D eigenvalue weighted by atomic mass is 19.1. The maximum Gasteiger partial charge on any atom is 0.336 e. The highest BCUT2D eigenvalue weighted by molar-refractivity contribution is 5.90. The minimum absolute atomic E-state index is 0.206. The number of hydrogen-bond acceptors (Lipinski definition) is 4. The third-order valence-corrected chi connectivity index (χ3v) is 5.23. The Kier molecular flexibility index (Phi) is 8.03. The number of rotatable bonds is 8. The maximum absolute atomic E-state index is 14.0. The van der Waals surface area contributed by atoms with E-state index in [0.29, 0.717) is 17.9 Å². The van der Waals surface area contributed by atoms with Crippen LogP contribution in [0.15, 0.2) is 109 Å². The predicted octanol–water partition coefficient (Wildman–Crippen LogP) is 7.09. The van der Waals surface area contributed by atoms with Gasteiger partial charge in [-0.15, -0.1) is 0 Å². The van der Waals surface area contributed by atoms with Crippen molar-refractivity contribution in [2.24, 2.45) is 0 Å². The third kappa shape index (κ3) is 6.78. The zero-order valence-electron chi connectivity index (χ0n) is 19.3. The molecule has 4 nitrogen and oxygen atoms in total. The van der Waals surface area contributed by atoms with Gasteiger partial charge in [-0.1, -0.05) is 72.8 Å². The molecule has 4 aromatic carbocycles. The molecule has 36 heavy (non-hydrogen) atoms. The highest BCUT2D eigenvalue weighted by Crippen LogP contribution is 2.22. The Morgan fingerprint density at radius 1 is 0.806 bits per heavy atom. The van der Waals surface area contributed by atoms with Gasteiger partial charge in [-0.05, 0) is 59.2 Å². The van der Waals surface area contributed by atoms with Gasteiger partial charge >= 0.3 is 5.97 Å². The highest BCUT2D eigenvalue weighted by Gasteiger charge is 2.07. The first-order chi connectivity index (χ1) is 17.6. The summed E-state index contributed by atoms with van der Waals surface area (Å²) < 4.78 is 25.1. The van der Waals surface area contributed by atoms with Crippen LogP contribution in [-0.4, -0.2) is 5.97 Å². The number of nitrogens with zero attached hydrogens (tertiary/aromatic N) is 1. The lowest BCUT2D eigenvalue weighted by Crippen LogP contribution is -2.03. The monoisotopic (exact) mass is 475 g/mol. The second-order valence-corrected chi connectivity index (χ2v) is 7.82. The van der Waals surface area contributed by atoms with Crippen molar-refractivity contribution in [3.8, 4) is 17.6 Å². The number of esters is 1. The number of carbonyl (C=O) groups excluding carboxylic acids is 1. The van der Waals surface area contributed by atoms with E-state index < -0.39 is 11.8 Å². The Labute approximate surface area is 209 Å². The van der Waals surface area contributed by atoms with Crippen molar-refractivity contribution >= 4 is 23.7 Å². The fourth-order valence-corrected chi connectivity index (χ4v) is 3.38. The van der Waals surface area contributed by atoms with Gasteiger partial charge in [-0.2, -0.15) is 5.26 Å². The topological polar surface area (TPSA) is 59.3 Å². The van der Waals surface area contributed by atoms with E-state index in [4.69, 9.17) is 9.47 Å². The first-order valence-electron chi connectivity index (χ1n) is 11.2. The lowest BCUT2D eigenvalue weighted by atomic mass is 10.0. The summed E-state index contributed by atoms with van der Waals surface area (Å²) in [4.78, 5) is 12.2. The average Bonchev–Trinajstić information content (AvgIpc) is 2.92. The smallest absolute Gasteiger partial charge is 0.336 e. The molecular weight excluding hydrogens is 453 g/mol. The van der Waals surface area contributed by atoms with Crippen LogP contribution in [0.1, 0.15) is 22.3 Å². The van der Waals surface area contributed by atoms with Gasteiger partial charge < -0.3 is 9.47 Å². The Morgan fingerprint density at radius 3 is 2.14 bits per heavy atom. The molecule has 0 aliphatic rings. The van der Waals surface area contributed by atoms with Crippen molar-refractivity contribution < 1.29 is 18.7 Å². The van der Waals surface area contributed by atoms with Crippen molar-refractivity contribution in [3.63, 3.8) is 0 Å². The summed E-state index contributed by atoms with van der Waals surface area (Å²) in [6.07, 6.45) is 4.59. The molecule has 0 unspecified atom stereocenters. The lowest BCUT2D eigenvalue weighted by Gasteiger charge is -2.06. The zero-order chi connectivity index (χ0) is 25.2. The van der Waals surface area contributed by atoms with E-state index in [1.165, 1.54) is 12.1 Å². The van der Waals surface area contributed by atoms with Crippen LogP contribution >= 0.6 is 0 Å². The number of hydrogen-bond donors (Lipinski definition) is 0. The molecule has 4 aromatic rings. The summed E-state index contributed by atoms with van der Waals surface area (Å²) >= 11 is 0. The van der Waals surface area contributed by atoms with Crippen LogP contribution in [-0.2, 0) is 11.4 Å². The van der Waals surface area contributed by atoms with Gasteiger partial charge in [0.25, 0.3) is 0 Å². The van der Waals surface area contributed by atoms with Gasteiger partial charge in [-0.25, -0.2) is 9.18 Å². The molecule has 0 aliphatic carbocycles. The van der Waals surface area contributed by atoms with E-state index in [0.717, 1.165) is 16.9 Å². The second-order valence-electron chi connectivity index (χ2n) is 7.82. The molecule has 0 saturated carbocycles. The summed E-state index contributed by atoms with van der Waals surface area (Å²) in [5, 5.41) is 9.41. The largest absolute Gasteiger partial charge is 0.489 e. The molecule has 4 rings (SSSR count). The van der Waals surface area contributed by atoms with Crippen LogP contribution in [0.25, 0.3) is 17.7 Å². The van der Waals surface area contributed by atoms with Gasteiger partial charge in [0.15, 0.2) is 0 Å². The van der Waals surface area contributed by atoms with E-state index in [-0.39, 0.29) is 11.1 Å². The fraction of sp³-hybridized carbons (Fsp3) is 0.0323. The van der Waals surface area contributed by atoms with Crippen LogP contribution in [0.2, 0.25) is 0 Å². The average molecular weight is 476 g/mol. The standard InChI is InChI=1S/C31H22FNO3/c32-30-9-5-4-8-29(30)26(21-33)20-24-12-17-28(18-13-24)36-31(34)19-14-23-10-15-27(16-11-23)35-22-25-6-2-1-3-7-25/h1-20H,22H2/b19-14+,26-20-. The number of benzene rings is 4. The number of carbonyl (C=O) groups is 1. The minimum Gasteiger partial charge on any atom is -0.489 e. The van der Waals surface area contributed by atoms with E-state index in [1.54, 1.807) is 54.6 Å². The van der Waals surface area contributed by atoms with Crippen LogP contribution in [0.4, 0.5) is 4.39 Å². The van der Waals surface area contributed by atoms with E-state index in [1.807, 2.05) is 60.7 Å². The van der Waals surface area contributed by atoms with Gasteiger partial charge in [0.05, 0.1) is 11.6 Å². The van der Waals surface area contributed by atoms with Crippen LogP contribution in [0.3, 0.4) is 0 Å². The number of nitriles is 1. The molecule has 0 aromatic heterocycles. The molecule has 0 atom stereocenters. The Morgan fingerprint density at radius 2 is 1.44 bits per heavy atom. The zero-order valence-corrected chi connectivity index (χ0v) is 19.3. The number of halogens is 1. The van der Waals surface area contributed by atoms with Crippen molar-refractivity contribution in [2.45, 2.75) is 6.61 Å². The molecular formula is C31H22FNO3. The molecule has 0 bridgehead atoms. The molecule has 5 heteroatoms. The van der Waals surface area contributed by atoms with Gasteiger partial charge in [0.1, 0.15) is 23.9 Å². The third-order valence-electron chi connectivity index (χ3n) is 5.23. The van der Waals surface area contributed by atoms with Gasteiger partial charge in [0.2, 0.25) is 0 Å². The first kappa shape index (κ1) is 24.2. The maximum atomic E-state index is 14.0. The summed E-state index contributed by atoms with van der Waals surface area (Å²) in [6.45, 7) is 0.484. The van der Waals surface area contributed by atoms with E-state index in [9.17, 15) is 14.4 Å². The molecule has 0 amide bonds. The number of allylic oxidation sites excluding steroid dienone is 1. The summed E-state index contributed by atoms with van der Waals surface area (Å²) in [5.41, 5.74) is 3.04. The molecule has 176 valence electrons. The van der Waals surface area contributed by atoms with E-state index in [2.05, 4.69) is 0 Å². The predicted molar refractivity (Wildman–Crippen MR) is 138 cm³/mol. The molecule has 0 radical (unpaired) electrons. The molecule has 0 fully saturated rings. The Hall–Kier alpha value is -4.95. The van der Waals surface area contributed by atoms with Crippen molar-refractivity contribution in [3.05, 3.63) is 137 Å². The molecule has 0 saturated heterocycles. The molecule has 0 spiro atoms. The van der Waals surface area contributed by atoms with Crippen molar-refractivity contribution in [1.29, 1.82) is 5.26 Å². The van der Waals surface area contributed by atoms with Gasteiger partial charge in [0, 0.05) is 11.6 Å². The second kappa shape index (κ2) is 12.0.